The Kier molecular flexibility index (Phi) is 2.18. The van der Waals surface area contributed by atoms with Gasteiger partial charge >= 0.3 is 0 Å². The number of carbonyl (C=O) groups is 1. The Morgan fingerprint density at radius 2 is 2.33 bits per heavy atom. The SMILES string of the molecule is CCC1C2CCNC1CC(=O)C2. The molecule has 68 valence electrons. The number of fused-ring (bicyclic) bond motifs is 2. The Hall–Kier alpha value is -0.370. The van der Waals surface area contributed by atoms with Crippen molar-refractivity contribution < 1.29 is 4.79 Å². The van der Waals surface area contributed by atoms with Gasteiger partial charge in [0.15, 0.2) is 0 Å². The highest BCUT2D eigenvalue weighted by molar-refractivity contribution is 5.80. The van der Waals surface area contributed by atoms with E-state index in [9.17, 15) is 4.79 Å². The van der Waals surface area contributed by atoms with Gasteiger partial charge in [0.1, 0.15) is 5.78 Å². The molecule has 0 radical (unpaired) electrons. The fourth-order valence-corrected chi connectivity index (χ4v) is 2.86. The zero-order valence-corrected chi connectivity index (χ0v) is 7.68. The molecule has 0 amide bonds. The first-order chi connectivity index (χ1) is 5.81. The monoisotopic (exact) mass is 167 g/mol. The third kappa shape index (κ3) is 1.28. The largest absolute Gasteiger partial charge is 0.313 e. The first-order valence-electron chi connectivity index (χ1n) is 5.06. The molecule has 1 saturated carbocycles. The van der Waals surface area contributed by atoms with Crippen LogP contribution in [0.1, 0.15) is 32.6 Å². The predicted molar refractivity (Wildman–Crippen MR) is 47.9 cm³/mol. The topological polar surface area (TPSA) is 29.1 Å². The normalized spacial score (nSPS) is 41.4. The van der Waals surface area contributed by atoms with Gasteiger partial charge in [0.25, 0.3) is 0 Å². The Morgan fingerprint density at radius 1 is 1.50 bits per heavy atom. The van der Waals surface area contributed by atoms with Gasteiger partial charge in [-0.1, -0.05) is 13.3 Å². The molecule has 0 aromatic rings. The van der Waals surface area contributed by atoms with E-state index in [-0.39, 0.29) is 0 Å². The number of Topliss-reactive ketones (excluding diaryl/α,β-unsaturated/α-hetero) is 1. The summed E-state index contributed by atoms with van der Waals surface area (Å²) in [5, 5.41) is 3.46. The van der Waals surface area contributed by atoms with E-state index in [4.69, 9.17) is 0 Å². The second-order valence-corrected chi connectivity index (χ2v) is 4.13. The van der Waals surface area contributed by atoms with Gasteiger partial charge in [0, 0.05) is 18.9 Å². The Morgan fingerprint density at radius 3 is 3.00 bits per heavy atom. The minimum atomic E-state index is 0.474. The van der Waals surface area contributed by atoms with Crippen molar-refractivity contribution in [1.29, 1.82) is 0 Å². The molecular formula is C10H17NO. The third-order valence-electron chi connectivity index (χ3n) is 3.45. The maximum Gasteiger partial charge on any atom is 0.134 e. The molecule has 2 rings (SSSR count). The third-order valence-corrected chi connectivity index (χ3v) is 3.45. The van der Waals surface area contributed by atoms with Gasteiger partial charge in [-0.3, -0.25) is 4.79 Å². The van der Waals surface area contributed by atoms with E-state index in [1.54, 1.807) is 0 Å². The van der Waals surface area contributed by atoms with Gasteiger partial charge in [-0.05, 0) is 24.8 Å². The van der Waals surface area contributed by atoms with Gasteiger partial charge in [-0.15, -0.1) is 0 Å². The minimum absolute atomic E-state index is 0.474. The first-order valence-corrected chi connectivity index (χ1v) is 5.06. The highest BCUT2D eigenvalue weighted by Crippen LogP contribution is 2.35. The molecule has 0 aromatic carbocycles. The van der Waals surface area contributed by atoms with Gasteiger partial charge < -0.3 is 5.32 Å². The number of hydrogen-bond donors (Lipinski definition) is 1. The maximum absolute atomic E-state index is 11.3. The quantitative estimate of drug-likeness (QED) is 0.638. The minimum Gasteiger partial charge on any atom is -0.313 e. The van der Waals surface area contributed by atoms with Crippen molar-refractivity contribution in [3.8, 4) is 0 Å². The molecule has 3 atom stereocenters. The first kappa shape index (κ1) is 8.24. The lowest BCUT2D eigenvalue weighted by molar-refractivity contribution is -0.124. The van der Waals surface area contributed by atoms with Crippen molar-refractivity contribution >= 4 is 5.78 Å². The molecule has 2 nitrogen and oxygen atoms in total. The Labute approximate surface area is 73.7 Å². The van der Waals surface area contributed by atoms with Crippen LogP contribution in [0.25, 0.3) is 0 Å². The summed E-state index contributed by atoms with van der Waals surface area (Å²) in [5.41, 5.74) is 0. The van der Waals surface area contributed by atoms with Crippen LogP contribution in [-0.4, -0.2) is 18.4 Å². The van der Waals surface area contributed by atoms with E-state index < -0.39 is 0 Å². The van der Waals surface area contributed by atoms with Crippen LogP contribution in [0.4, 0.5) is 0 Å². The molecule has 1 saturated heterocycles. The van der Waals surface area contributed by atoms with Crippen LogP contribution < -0.4 is 5.32 Å². The lowest BCUT2D eigenvalue weighted by Gasteiger charge is -2.42. The van der Waals surface area contributed by atoms with Crippen LogP contribution in [0.3, 0.4) is 0 Å². The molecule has 2 aliphatic rings. The summed E-state index contributed by atoms with van der Waals surface area (Å²) in [6.07, 6.45) is 4.09. The predicted octanol–water partition coefficient (Wildman–Crippen LogP) is 1.35. The van der Waals surface area contributed by atoms with Crippen LogP contribution in [0.2, 0.25) is 0 Å². The summed E-state index contributed by atoms with van der Waals surface area (Å²) in [6.45, 7) is 3.37. The number of carbonyl (C=O) groups excluding carboxylic acids is 1. The summed E-state index contributed by atoms with van der Waals surface area (Å²) in [7, 11) is 0. The van der Waals surface area contributed by atoms with E-state index >= 15 is 0 Å². The van der Waals surface area contributed by atoms with Crippen molar-refractivity contribution in [2.24, 2.45) is 11.8 Å². The van der Waals surface area contributed by atoms with E-state index in [1.807, 2.05) is 0 Å². The summed E-state index contributed by atoms with van der Waals surface area (Å²) >= 11 is 0. The van der Waals surface area contributed by atoms with Crippen LogP contribution >= 0.6 is 0 Å². The fourth-order valence-electron chi connectivity index (χ4n) is 2.86. The zero-order chi connectivity index (χ0) is 8.55. The van der Waals surface area contributed by atoms with E-state index in [0.29, 0.717) is 17.7 Å². The second-order valence-electron chi connectivity index (χ2n) is 4.13. The van der Waals surface area contributed by atoms with Crippen LogP contribution in [-0.2, 0) is 4.79 Å². The van der Waals surface area contributed by atoms with Gasteiger partial charge in [0.05, 0.1) is 0 Å². The van der Waals surface area contributed by atoms with Gasteiger partial charge in [-0.25, -0.2) is 0 Å². The highest BCUT2D eigenvalue weighted by Gasteiger charge is 2.38. The molecule has 1 aliphatic carbocycles. The van der Waals surface area contributed by atoms with E-state index in [1.165, 1.54) is 12.8 Å². The summed E-state index contributed by atoms with van der Waals surface area (Å²) in [6, 6.07) is 0.509. The van der Waals surface area contributed by atoms with Crippen LogP contribution in [0.5, 0.6) is 0 Å². The van der Waals surface area contributed by atoms with Crippen LogP contribution in [0.15, 0.2) is 0 Å². The molecule has 12 heavy (non-hydrogen) atoms. The van der Waals surface area contributed by atoms with E-state index in [2.05, 4.69) is 12.2 Å². The van der Waals surface area contributed by atoms with Crippen LogP contribution in [0, 0.1) is 11.8 Å². The molecule has 2 bridgehead atoms. The Bertz CT molecular complexity index is 174. The summed E-state index contributed by atoms with van der Waals surface area (Å²) in [4.78, 5) is 11.3. The molecule has 1 heterocycles. The standard InChI is InChI=1S/C10H17NO/c1-2-9-7-3-4-11-10(9)6-8(12)5-7/h7,9-11H,2-6H2,1H3. The molecule has 2 fully saturated rings. The average molecular weight is 167 g/mol. The summed E-state index contributed by atoms with van der Waals surface area (Å²) in [5.74, 6) is 1.95. The fraction of sp³-hybridized carbons (Fsp3) is 0.900. The second kappa shape index (κ2) is 3.17. The molecule has 2 heteroatoms. The number of ketones is 1. The summed E-state index contributed by atoms with van der Waals surface area (Å²) < 4.78 is 0. The van der Waals surface area contributed by atoms with Crippen molar-refractivity contribution in [1.82, 2.24) is 5.32 Å². The van der Waals surface area contributed by atoms with E-state index in [0.717, 1.165) is 25.3 Å². The lowest BCUT2D eigenvalue weighted by atomic mass is 9.70. The highest BCUT2D eigenvalue weighted by atomic mass is 16.1. The molecule has 0 aromatic heterocycles. The van der Waals surface area contributed by atoms with Gasteiger partial charge in [0.2, 0.25) is 0 Å². The number of rotatable bonds is 1. The number of hydrogen-bond acceptors (Lipinski definition) is 2. The number of piperidine rings is 1. The molecule has 1 N–H and O–H groups in total. The molecular weight excluding hydrogens is 150 g/mol. The van der Waals surface area contributed by atoms with Crippen molar-refractivity contribution in [3.05, 3.63) is 0 Å². The smallest absolute Gasteiger partial charge is 0.134 e. The van der Waals surface area contributed by atoms with Crippen molar-refractivity contribution in [2.75, 3.05) is 6.54 Å². The zero-order valence-electron chi connectivity index (χ0n) is 7.68. The Balaban J connectivity index is 2.11. The lowest BCUT2D eigenvalue weighted by Crippen LogP contribution is -2.50. The average Bonchev–Trinajstić information content (AvgIpc) is 2.02. The molecule has 0 spiro atoms. The molecule has 1 aliphatic heterocycles. The maximum atomic E-state index is 11.3. The number of nitrogens with one attached hydrogen (secondary N) is 1. The van der Waals surface area contributed by atoms with Crippen molar-refractivity contribution in [2.45, 2.75) is 38.6 Å². The molecule has 3 unspecified atom stereocenters. The van der Waals surface area contributed by atoms with Gasteiger partial charge in [-0.2, -0.15) is 0 Å². The van der Waals surface area contributed by atoms with Crippen molar-refractivity contribution in [3.63, 3.8) is 0 Å².